The molecule has 2 N–H and O–H groups in total. The van der Waals surface area contributed by atoms with Gasteiger partial charge in [0.25, 0.3) is 0 Å². The van der Waals surface area contributed by atoms with Crippen LogP contribution in [-0.2, 0) is 7.05 Å². The van der Waals surface area contributed by atoms with Gasteiger partial charge in [-0.3, -0.25) is 4.68 Å². The minimum absolute atomic E-state index is 0.709. The summed E-state index contributed by atoms with van der Waals surface area (Å²) >= 11 is 1.49. The van der Waals surface area contributed by atoms with E-state index in [1.54, 1.807) is 10.9 Å². The smallest absolute Gasteiger partial charge is 0.123 e. The standard InChI is InChI=1S/C9H11N5S/c1-6-8(10)9(14(2)13-6)15-7-3-4-11-5-12-7/h3-5H,10H2,1-2H3. The second-order valence-corrected chi connectivity index (χ2v) is 4.09. The zero-order valence-electron chi connectivity index (χ0n) is 8.51. The highest BCUT2D eigenvalue weighted by Crippen LogP contribution is 2.31. The highest BCUT2D eigenvalue weighted by molar-refractivity contribution is 7.99. The van der Waals surface area contributed by atoms with Crippen molar-refractivity contribution in [2.24, 2.45) is 7.05 Å². The van der Waals surface area contributed by atoms with Crippen molar-refractivity contribution in [3.05, 3.63) is 24.3 Å². The van der Waals surface area contributed by atoms with Gasteiger partial charge in [0, 0.05) is 13.2 Å². The zero-order valence-corrected chi connectivity index (χ0v) is 9.32. The van der Waals surface area contributed by atoms with Crippen LogP contribution in [0, 0.1) is 6.92 Å². The van der Waals surface area contributed by atoms with E-state index in [9.17, 15) is 0 Å². The Bertz CT molecular complexity index is 465. The average Bonchev–Trinajstić information content (AvgIpc) is 2.47. The van der Waals surface area contributed by atoms with Gasteiger partial charge < -0.3 is 5.73 Å². The van der Waals surface area contributed by atoms with Crippen molar-refractivity contribution in [3.8, 4) is 0 Å². The lowest BCUT2D eigenvalue weighted by Crippen LogP contribution is -1.94. The maximum Gasteiger partial charge on any atom is 0.123 e. The molecule has 0 unspecified atom stereocenters. The Morgan fingerprint density at radius 1 is 1.47 bits per heavy atom. The second-order valence-electron chi connectivity index (χ2n) is 3.08. The van der Waals surface area contributed by atoms with E-state index in [2.05, 4.69) is 15.1 Å². The number of hydrogen-bond donors (Lipinski definition) is 1. The lowest BCUT2D eigenvalue weighted by Gasteiger charge is -2.01. The molecule has 15 heavy (non-hydrogen) atoms. The summed E-state index contributed by atoms with van der Waals surface area (Å²) in [6, 6.07) is 1.84. The molecule has 0 radical (unpaired) electrons. The van der Waals surface area contributed by atoms with Crippen molar-refractivity contribution >= 4 is 17.4 Å². The van der Waals surface area contributed by atoms with Crippen LogP contribution in [0.3, 0.4) is 0 Å². The fraction of sp³-hybridized carbons (Fsp3) is 0.222. The monoisotopic (exact) mass is 221 g/mol. The first-order chi connectivity index (χ1) is 7.18. The Kier molecular flexibility index (Phi) is 2.59. The lowest BCUT2D eigenvalue weighted by molar-refractivity contribution is 0.693. The van der Waals surface area contributed by atoms with Crippen molar-refractivity contribution < 1.29 is 0 Å². The largest absolute Gasteiger partial charge is 0.395 e. The first-order valence-corrected chi connectivity index (χ1v) is 5.23. The van der Waals surface area contributed by atoms with Gasteiger partial charge in [-0.25, -0.2) is 9.97 Å². The summed E-state index contributed by atoms with van der Waals surface area (Å²) in [7, 11) is 1.87. The molecular formula is C9H11N5S. The molecular weight excluding hydrogens is 210 g/mol. The first kappa shape index (κ1) is 9.97. The Labute approximate surface area is 91.7 Å². The molecule has 78 valence electrons. The normalized spacial score (nSPS) is 10.5. The Morgan fingerprint density at radius 2 is 2.27 bits per heavy atom. The van der Waals surface area contributed by atoms with Gasteiger partial charge in [-0.15, -0.1) is 0 Å². The molecule has 0 aromatic carbocycles. The molecule has 0 fully saturated rings. The molecule has 0 spiro atoms. The van der Waals surface area contributed by atoms with Crippen molar-refractivity contribution in [2.45, 2.75) is 17.0 Å². The van der Waals surface area contributed by atoms with Gasteiger partial charge in [0.1, 0.15) is 16.4 Å². The number of aromatic nitrogens is 4. The van der Waals surface area contributed by atoms with E-state index in [0.29, 0.717) is 5.69 Å². The Morgan fingerprint density at radius 3 is 2.80 bits per heavy atom. The van der Waals surface area contributed by atoms with E-state index in [1.165, 1.54) is 18.1 Å². The number of aryl methyl sites for hydroxylation is 2. The number of nitrogens with two attached hydrogens (primary N) is 1. The van der Waals surface area contributed by atoms with E-state index in [0.717, 1.165) is 15.7 Å². The molecule has 0 aliphatic carbocycles. The van der Waals surface area contributed by atoms with Crippen molar-refractivity contribution in [1.29, 1.82) is 0 Å². The predicted octanol–water partition coefficient (Wildman–Crippen LogP) is 1.25. The minimum atomic E-state index is 0.709. The summed E-state index contributed by atoms with van der Waals surface area (Å²) in [4.78, 5) is 7.98. The molecule has 2 aromatic rings. The molecule has 0 aliphatic heterocycles. The first-order valence-electron chi connectivity index (χ1n) is 4.41. The molecule has 0 bridgehead atoms. The van der Waals surface area contributed by atoms with Crippen molar-refractivity contribution in [2.75, 3.05) is 5.73 Å². The molecule has 2 aromatic heterocycles. The molecule has 6 heteroatoms. The van der Waals surface area contributed by atoms with Crippen molar-refractivity contribution in [1.82, 2.24) is 19.7 Å². The molecule has 2 rings (SSSR count). The van der Waals surface area contributed by atoms with Crippen LogP contribution < -0.4 is 5.73 Å². The van der Waals surface area contributed by atoms with Gasteiger partial charge in [0.2, 0.25) is 0 Å². The summed E-state index contributed by atoms with van der Waals surface area (Å²) in [5, 5.41) is 6.00. The summed E-state index contributed by atoms with van der Waals surface area (Å²) in [5.41, 5.74) is 7.45. The van der Waals surface area contributed by atoms with Crippen LogP contribution in [0.25, 0.3) is 0 Å². The van der Waals surface area contributed by atoms with Crippen molar-refractivity contribution in [3.63, 3.8) is 0 Å². The number of rotatable bonds is 2. The fourth-order valence-corrected chi connectivity index (χ4v) is 2.07. The van der Waals surface area contributed by atoms with Crippen LogP contribution in [0.4, 0.5) is 5.69 Å². The van der Waals surface area contributed by atoms with E-state index in [1.807, 2.05) is 20.0 Å². The van der Waals surface area contributed by atoms with Gasteiger partial charge in [0.15, 0.2) is 0 Å². The Balaban J connectivity index is 2.32. The van der Waals surface area contributed by atoms with E-state index in [4.69, 9.17) is 5.73 Å². The minimum Gasteiger partial charge on any atom is -0.395 e. The maximum atomic E-state index is 5.90. The molecule has 0 saturated carbocycles. The third-order valence-corrected chi connectivity index (χ3v) is 3.10. The van der Waals surface area contributed by atoms with Crippen LogP contribution in [-0.4, -0.2) is 19.7 Å². The summed E-state index contributed by atoms with van der Waals surface area (Å²) < 4.78 is 1.76. The van der Waals surface area contributed by atoms with Gasteiger partial charge in [0.05, 0.1) is 11.4 Å². The molecule has 0 atom stereocenters. The molecule has 2 heterocycles. The summed E-state index contributed by atoms with van der Waals surface area (Å²) in [6.07, 6.45) is 3.22. The van der Waals surface area contributed by atoms with Crippen LogP contribution in [0.1, 0.15) is 5.69 Å². The average molecular weight is 221 g/mol. The topological polar surface area (TPSA) is 69.6 Å². The van der Waals surface area contributed by atoms with E-state index < -0.39 is 0 Å². The Hall–Kier alpha value is -1.56. The highest BCUT2D eigenvalue weighted by atomic mass is 32.2. The van der Waals surface area contributed by atoms with Crippen LogP contribution in [0.2, 0.25) is 0 Å². The van der Waals surface area contributed by atoms with Crippen LogP contribution in [0.5, 0.6) is 0 Å². The fourth-order valence-electron chi connectivity index (χ4n) is 1.21. The van der Waals surface area contributed by atoms with Gasteiger partial charge >= 0.3 is 0 Å². The summed E-state index contributed by atoms with van der Waals surface area (Å²) in [5.74, 6) is 0. The predicted molar refractivity (Wildman–Crippen MR) is 58.5 cm³/mol. The number of nitrogen functional groups attached to an aromatic ring is 1. The molecule has 0 aliphatic rings. The second kappa shape index (κ2) is 3.90. The quantitative estimate of drug-likeness (QED) is 0.773. The van der Waals surface area contributed by atoms with Crippen LogP contribution >= 0.6 is 11.8 Å². The molecule has 5 nitrogen and oxygen atoms in total. The lowest BCUT2D eigenvalue weighted by atomic mass is 10.4. The zero-order chi connectivity index (χ0) is 10.8. The van der Waals surface area contributed by atoms with Crippen LogP contribution in [0.15, 0.2) is 28.6 Å². The van der Waals surface area contributed by atoms with E-state index >= 15 is 0 Å². The number of nitrogens with zero attached hydrogens (tertiary/aromatic N) is 4. The molecule has 0 amide bonds. The third-order valence-electron chi connectivity index (χ3n) is 1.97. The van der Waals surface area contributed by atoms with Gasteiger partial charge in [-0.2, -0.15) is 5.10 Å². The highest BCUT2D eigenvalue weighted by Gasteiger charge is 2.11. The van der Waals surface area contributed by atoms with Gasteiger partial charge in [-0.1, -0.05) is 0 Å². The maximum absolute atomic E-state index is 5.90. The number of hydrogen-bond acceptors (Lipinski definition) is 5. The SMILES string of the molecule is Cc1nn(C)c(Sc2ccncn2)c1N. The number of anilines is 1. The van der Waals surface area contributed by atoms with E-state index in [-0.39, 0.29) is 0 Å². The summed E-state index contributed by atoms with van der Waals surface area (Å²) in [6.45, 7) is 1.89. The molecule has 0 saturated heterocycles. The third kappa shape index (κ3) is 1.94. The van der Waals surface area contributed by atoms with Gasteiger partial charge in [-0.05, 0) is 24.8 Å².